The Labute approximate surface area is 160 Å². The van der Waals surface area contributed by atoms with E-state index in [1.54, 1.807) is 12.1 Å². The van der Waals surface area contributed by atoms with Crippen molar-refractivity contribution in [3.05, 3.63) is 82.7 Å². The number of methoxy groups -OCH3 is 1. The maximum atomic E-state index is 13.1. The van der Waals surface area contributed by atoms with Gasteiger partial charge in [-0.2, -0.15) is 0 Å². The molecule has 0 spiro atoms. The molecule has 0 saturated carbocycles. The van der Waals surface area contributed by atoms with Crippen LogP contribution in [0.15, 0.2) is 71.6 Å². The van der Waals surface area contributed by atoms with E-state index in [-0.39, 0.29) is 22.0 Å². The Balaban J connectivity index is 1.98. The smallest absolute Gasteiger partial charge is 0.271 e. The van der Waals surface area contributed by atoms with Gasteiger partial charge in [-0.05, 0) is 41.5 Å². The summed E-state index contributed by atoms with van der Waals surface area (Å²) in [7, 11) is -2.73. The molecule has 3 aromatic rings. The van der Waals surface area contributed by atoms with Crippen LogP contribution in [0.3, 0.4) is 0 Å². The van der Waals surface area contributed by atoms with E-state index in [0.717, 1.165) is 6.07 Å². The minimum Gasteiger partial charge on any atom is -0.495 e. The molecule has 0 radical (unpaired) electrons. The monoisotopic (exact) mass is 402 g/mol. The summed E-state index contributed by atoms with van der Waals surface area (Å²) in [6.07, 6.45) is 0. The number of ether oxygens (including phenoxy) is 1. The van der Waals surface area contributed by atoms with Gasteiger partial charge in [0.1, 0.15) is 11.6 Å². The molecule has 0 atom stereocenters. The fourth-order valence-electron chi connectivity index (χ4n) is 2.58. The molecular weight excluding hydrogens is 387 g/mol. The van der Waals surface area contributed by atoms with Crippen LogP contribution in [0.1, 0.15) is 0 Å². The van der Waals surface area contributed by atoms with Gasteiger partial charge in [0.05, 0.1) is 22.6 Å². The molecule has 0 bridgehead atoms. The molecule has 28 heavy (non-hydrogen) atoms. The van der Waals surface area contributed by atoms with E-state index in [9.17, 15) is 22.9 Å². The SMILES string of the molecule is COc1ccc([N+](=O)[O-])cc1NS(=O)(=O)c1cccc(-c2ccc(F)cc2)c1. The minimum absolute atomic E-state index is 0.0520. The number of benzene rings is 3. The number of rotatable bonds is 6. The first kappa shape index (κ1) is 19.3. The van der Waals surface area contributed by atoms with Crippen LogP contribution in [0.4, 0.5) is 15.8 Å². The van der Waals surface area contributed by atoms with Crippen LogP contribution in [-0.2, 0) is 10.0 Å². The topological polar surface area (TPSA) is 98.5 Å². The summed E-state index contributed by atoms with van der Waals surface area (Å²) in [6, 6.07) is 15.3. The molecule has 0 aliphatic carbocycles. The molecule has 7 nitrogen and oxygen atoms in total. The number of nitro groups is 1. The first-order valence-electron chi connectivity index (χ1n) is 8.01. The molecule has 0 saturated heterocycles. The fourth-order valence-corrected chi connectivity index (χ4v) is 3.68. The molecule has 0 aliphatic heterocycles. The molecule has 144 valence electrons. The van der Waals surface area contributed by atoms with Crippen molar-refractivity contribution < 1.29 is 22.5 Å². The number of hydrogen-bond donors (Lipinski definition) is 1. The Bertz CT molecular complexity index is 1130. The number of hydrogen-bond acceptors (Lipinski definition) is 5. The summed E-state index contributed by atoms with van der Waals surface area (Å²) < 4.78 is 46.1. The number of nitrogens with zero attached hydrogens (tertiary/aromatic N) is 1. The van der Waals surface area contributed by atoms with Gasteiger partial charge in [0.15, 0.2) is 0 Å². The predicted octanol–water partition coefficient (Wildman–Crippen LogP) is 4.21. The standard InChI is InChI=1S/C19H15FN2O5S/c1-27-19-10-9-16(22(23)24)12-18(19)21-28(25,26)17-4-2-3-14(11-17)13-5-7-15(20)8-6-13/h2-12,21H,1H3. The minimum atomic E-state index is -4.05. The molecule has 0 unspecified atom stereocenters. The second-order valence-electron chi connectivity index (χ2n) is 5.78. The predicted molar refractivity (Wildman–Crippen MR) is 102 cm³/mol. The Morgan fingerprint density at radius 2 is 1.71 bits per heavy atom. The molecule has 1 N–H and O–H groups in total. The van der Waals surface area contributed by atoms with Crippen LogP contribution in [0.2, 0.25) is 0 Å². The Kier molecular flexibility index (Phi) is 5.27. The number of nitro benzene ring substituents is 1. The van der Waals surface area contributed by atoms with Gasteiger partial charge in [0, 0.05) is 12.1 Å². The number of anilines is 1. The normalized spacial score (nSPS) is 11.1. The van der Waals surface area contributed by atoms with E-state index in [1.165, 1.54) is 55.6 Å². The van der Waals surface area contributed by atoms with Gasteiger partial charge in [-0.25, -0.2) is 12.8 Å². The van der Waals surface area contributed by atoms with Crippen LogP contribution < -0.4 is 9.46 Å². The summed E-state index contributed by atoms with van der Waals surface area (Å²) >= 11 is 0. The second-order valence-corrected chi connectivity index (χ2v) is 7.46. The van der Waals surface area contributed by atoms with E-state index in [2.05, 4.69) is 4.72 Å². The fraction of sp³-hybridized carbons (Fsp3) is 0.0526. The largest absolute Gasteiger partial charge is 0.495 e. The third-order valence-corrected chi connectivity index (χ3v) is 5.32. The third kappa shape index (κ3) is 4.09. The van der Waals surface area contributed by atoms with E-state index < -0.39 is 20.8 Å². The lowest BCUT2D eigenvalue weighted by atomic mass is 10.1. The molecule has 0 aliphatic rings. The van der Waals surface area contributed by atoms with Gasteiger partial charge in [-0.1, -0.05) is 24.3 Å². The van der Waals surface area contributed by atoms with Crippen LogP contribution in [0.5, 0.6) is 5.75 Å². The van der Waals surface area contributed by atoms with Crippen molar-refractivity contribution in [3.8, 4) is 16.9 Å². The van der Waals surface area contributed by atoms with Gasteiger partial charge in [-0.3, -0.25) is 14.8 Å². The highest BCUT2D eigenvalue weighted by Gasteiger charge is 2.19. The van der Waals surface area contributed by atoms with Crippen molar-refractivity contribution in [2.24, 2.45) is 0 Å². The average molecular weight is 402 g/mol. The zero-order valence-electron chi connectivity index (χ0n) is 14.6. The Morgan fingerprint density at radius 1 is 1.00 bits per heavy atom. The van der Waals surface area contributed by atoms with Crippen molar-refractivity contribution in [2.45, 2.75) is 4.90 Å². The quantitative estimate of drug-likeness (QED) is 0.492. The first-order chi connectivity index (χ1) is 13.3. The van der Waals surface area contributed by atoms with Crippen LogP contribution in [0.25, 0.3) is 11.1 Å². The lowest BCUT2D eigenvalue weighted by molar-refractivity contribution is -0.384. The number of halogens is 1. The zero-order chi connectivity index (χ0) is 20.3. The first-order valence-corrected chi connectivity index (χ1v) is 9.50. The number of non-ortho nitro benzene ring substituents is 1. The van der Waals surface area contributed by atoms with Crippen molar-refractivity contribution in [2.75, 3.05) is 11.8 Å². The summed E-state index contributed by atoms with van der Waals surface area (Å²) in [5, 5.41) is 11.0. The highest BCUT2D eigenvalue weighted by atomic mass is 32.2. The molecular formula is C19H15FN2O5S. The Morgan fingerprint density at radius 3 is 2.36 bits per heavy atom. The highest BCUT2D eigenvalue weighted by molar-refractivity contribution is 7.92. The van der Waals surface area contributed by atoms with Crippen molar-refractivity contribution in [1.29, 1.82) is 0 Å². The molecule has 0 heterocycles. The summed E-state index contributed by atoms with van der Waals surface area (Å²) in [6.45, 7) is 0. The molecule has 9 heteroatoms. The summed E-state index contributed by atoms with van der Waals surface area (Å²) in [4.78, 5) is 10.3. The highest BCUT2D eigenvalue weighted by Crippen LogP contribution is 2.31. The van der Waals surface area contributed by atoms with E-state index in [1.807, 2.05) is 0 Å². The lowest BCUT2D eigenvalue weighted by Gasteiger charge is -2.12. The summed E-state index contributed by atoms with van der Waals surface area (Å²) in [5.41, 5.74) is 0.891. The van der Waals surface area contributed by atoms with Gasteiger partial charge >= 0.3 is 0 Å². The maximum Gasteiger partial charge on any atom is 0.271 e. The van der Waals surface area contributed by atoms with Crippen molar-refractivity contribution in [3.63, 3.8) is 0 Å². The van der Waals surface area contributed by atoms with Gasteiger partial charge in [0.25, 0.3) is 15.7 Å². The van der Waals surface area contributed by atoms with Gasteiger partial charge < -0.3 is 4.74 Å². The molecule has 3 rings (SSSR count). The van der Waals surface area contributed by atoms with E-state index in [0.29, 0.717) is 11.1 Å². The zero-order valence-corrected chi connectivity index (χ0v) is 15.4. The molecule has 0 amide bonds. The van der Waals surface area contributed by atoms with Crippen LogP contribution in [0, 0.1) is 15.9 Å². The lowest BCUT2D eigenvalue weighted by Crippen LogP contribution is -2.14. The molecule has 0 aromatic heterocycles. The van der Waals surface area contributed by atoms with Crippen LogP contribution in [-0.4, -0.2) is 20.5 Å². The van der Waals surface area contributed by atoms with Gasteiger partial charge in [0.2, 0.25) is 0 Å². The third-order valence-electron chi connectivity index (χ3n) is 3.96. The van der Waals surface area contributed by atoms with Gasteiger partial charge in [-0.15, -0.1) is 0 Å². The molecule has 0 fully saturated rings. The number of nitrogens with one attached hydrogen (secondary N) is 1. The average Bonchev–Trinajstić information content (AvgIpc) is 2.68. The maximum absolute atomic E-state index is 13.1. The van der Waals surface area contributed by atoms with E-state index >= 15 is 0 Å². The number of sulfonamides is 1. The summed E-state index contributed by atoms with van der Waals surface area (Å²) in [5.74, 6) is -0.254. The molecule has 3 aromatic carbocycles. The van der Waals surface area contributed by atoms with Crippen LogP contribution >= 0.6 is 0 Å². The Hall–Kier alpha value is -3.46. The second kappa shape index (κ2) is 7.65. The van der Waals surface area contributed by atoms with Crippen molar-refractivity contribution in [1.82, 2.24) is 0 Å². The van der Waals surface area contributed by atoms with Crippen molar-refractivity contribution >= 4 is 21.4 Å². The van der Waals surface area contributed by atoms with E-state index in [4.69, 9.17) is 4.74 Å².